The Labute approximate surface area is 130 Å². The third-order valence-electron chi connectivity index (χ3n) is 4.36. The van der Waals surface area contributed by atoms with E-state index in [4.69, 9.17) is 4.65 Å². The lowest BCUT2D eigenvalue weighted by atomic mass is 9.51. The summed E-state index contributed by atoms with van der Waals surface area (Å²) in [6, 6.07) is 11.0. The first-order valence-electron chi connectivity index (χ1n) is 8.37. The minimum atomic E-state index is 0.218. The van der Waals surface area contributed by atoms with Gasteiger partial charge in [-0.2, -0.15) is 0 Å². The van der Waals surface area contributed by atoms with Gasteiger partial charge >= 0.3 is 6.92 Å². The predicted octanol–water partition coefficient (Wildman–Crippen LogP) is 5.49. The molecule has 1 aromatic rings. The van der Waals surface area contributed by atoms with Crippen molar-refractivity contribution in [3.05, 3.63) is 47.9 Å². The molecular weight excluding hydrogens is 255 g/mol. The normalized spacial score (nSPS) is 22.9. The zero-order valence-electron chi connectivity index (χ0n) is 14.0. The Morgan fingerprint density at radius 1 is 1.19 bits per heavy atom. The van der Waals surface area contributed by atoms with E-state index in [2.05, 4.69) is 70.1 Å². The maximum absolute atomic E-state index is 6.09. The lowest BCUT2D eigenvalue weighted by Gasteiger charge is -2.25. The van der Waals surface area contributed by atoms with Crippen molar-refractivity contribution >= 4 is 6.92 Å². The standard InChI is InChI=1S/C19H29BO/c1-5-21-20(15-14-19(2,3)4)18-13-9-12-17(18)16-10-7-6-8-11-16/h6-8,10-11,14-15,17-18H,5,9,12-13H2,1-4H3/b15-14+/t17-,18+/m1/s1. The number of benzene rings is 1. The molecule has 0 unspecified atom stereocenters. The Morgan fingerprint density at radius 3 is 2.52 bits per heavy atom. The van der Waals surface area contributed by atoms with Gasteiger partial charge in [-0.1, -0.05) is 76.0 Å². The molecule has 0 bridgehead atoms. The fraction of sp³-hybridized carbons (Fsp3) is 0.579. The van der Waals surface area contributed by atoms with Gasteiger partial charge in [0.1, 0.15) is 0 Å². The van der Waals surface area contributed by atoms with Crippen LogP contribution in [0.1, 0.15) is 58.4 Å². The van der Waals surface area contributed by atoms with E-state index in [0.29, 0.717) is 11.7 Å². The third-order valence-corrected chi connectivity index (χ3v) is 4.36. The van der Waals surface area contributed by atoms with Crippen molar-refractivity contribution in [3.8, 4) is 0 Å². The summed E-state index contributed by atoms with van der Waals surface area (Å²) in [5.74, 6) is 3.58. The molecule has 1 aromatic carbocycles. The van der Waals surface area contributed by atoms with Crippen molar-refractivity contribution in [1.82, 2.24) is 0 Å². The molecule has 21 heavy (non-hydrogen) atoms. The molecule has 2 rings (SSSR count). The summed E-state index contributed by atoms with van der Waals surface area (Å²) in [7, 11) is 0. The van der Waals surface area contributed by atoms with Gasteiger partial charge in [0.05, 0.1) is 0 Å². The number of hydrogen-bond donors (Lipinski definition) is 0. The largest absolute Gasteiger partial charge is 0.431 e. The van der Waals surface area contributed by atoms with Gasteiger partial charge in [-0.15, -0.1) is 0 Å². The molecule has 0 spiro atoms. The summed E-state index contributed by atoms with van der Waals surface area (Å²) >= 11 is 0. The highest BCUT2D eigenvalue weighted by molar-refractivity contribution is 6.59. The van der Waals surface area contributed by atoms with Crippen LogP contribution in [0.2, 0.25) is 5.82 Å². The first-order valence-corrected chi connectivity index (χ1v) is 8.37. The molecule has 0 amide bonds. The Balaban J connectivity index is 2.16. The second kappa shape index (κ2) is 7.31. The van der Waals surface area contributed by atoms with E-state index in [1.54, 1.807) is 0 Å². The van der Waals surface area contributed by atoms with E-state index in [-0.39, 0.29) is 12.3 Å². The molecule has 114 valence electrons. The van der Waals surface area contributed by atoms with Gasteiger partial charge in [0.2, 0.25) is 0 Å². The van der Waals surface area contributed by atoms with Crippen LogP contribution < -0.4 is 0 Å². The summed E-state index contributed by atoms with van der Waals surface area (Å²) in [4.78, 5) is 0. The van der Waals surface area contributed by atoms with E-state index in [9.17, 15) is 0 Å². The van der Waals surface area contributed by atoms with Crippen molar-refractivity contribution in [3.63, 3.8) is 0 Å². The van der Waals surface area contributed by atoms with Crippen LogP contribution in [0.25, 0.3) is 0 Å². The van der Waals surface area contributed by atoms with Gasteiger partial charge < -0.3 is 4.65 Å². The van der Waals surface area contributed by atoms with Crippen LogP contribution in [-0.4, -0.2) is 13.5 Å². The molecule has 0 radical (unpaired) electrons. The molecule has 1 saturated carbocycles. The molecule has 1 aliphatic rings. The monoisotopic (exact) mass is 284 g/mol. The Bertz CT molecular complexity index is 446. The minimum Gasteiger partial charge on any atom is -0.431 e. The van der Waals surface area contributed by atoms with E-state index in [1.165, 1.54) is 24.8 Å². The highest BCUT2D eigenvalue weighted by atomic mass is 16.4. The molecule has 2 atom stereocenters. The summed E-state index contributed by atoms with van der Waals surface area (Å²) in [5.41, 5.74) is 1.70. The second-order valence-corrected chi connectivity index (χ2v) is 7.26. The van der Waals surface area contributed by atoms with Gasteiger partial charge in [-0.05, 0) is 36.1 Å². The number of rotatable bonds is 5. The maximum Gasteiger partial charge on any atom is 0.322 e. The van der Waals surface area contributed by atoms with Gasteiger partial charge in [0.15, 0.2) is 0 Å². The average molecular weight is 284 g/mol. The molecule has 1 fully saturated rings. The molecule has 1 aliphatic carbocycles. The molecule has 0 aliphatic heterocycles. The molecule has 2 heteroatoms. The first-order chi connectivity index (χ1) is 10.0. The van der Waals surface area contributed by atoms with Gasteiger partial charge in [0.25, 0.3) is 0 Å². The van der Waals surface area contributed by atoms with Gasteiger partial charge in [-0.25, -0.2) is 0 Å². The van der Waals surface area contributed by atoms with Crippen molar-refractivity contribution in [2.75, 3.05) is 6.61 Å². The Hall–Kier alpha value is -1.02. The topological polar surface area (TPSA) is 9.23 Å². The van der Waals surface area contributed by atoms with Crippen molar-refractivity contribution < 1.29 is 4.65 Å². The van der Waals surface area contributed by atoms with Crippen molar-refractivity contribution in [2.45, 2.75) is 58.7 Å². The summed E-state index contributed by atoms with van der Waals surface area (Å²) < 4.78 is 6.09. The summed E-state index contributed by atoms with van der Waals surface area (Å²) in [6.45, 7) is 9.88. The summed E-state index contributed by atoms with van der Waals surface area (Å²) in [5, 5.41) is 0. The van der Waals surface area contributed by atoms with Gasteiger partial charge in [0, 0.05) is 6.61 Å². The summed E-state index contributed by atoms with van der Waals surface area (Å²) in [6.07, 6.45) is 6.20. The maximum atomic E-state index is 6.09. The Kier molecular flexibility index (Phi) is 5.69. The third kappa shape index (κ3) is 4.74. The zero-order valence-corrected chi connectivity index (χ0v) is 14.0. The van der Waals surface area contributed by atoms with Crippen LogP contribution in [0.4, 0.5) is 0 Å². The second-order valence-electron chi connectivity index (χ2n) is 7.26. The van der Waals surface area contributed by atoms with Crippen molar-refractivity contribution in [1.29, 1.82) is 0 Å². The first kappa shape index (κ1) is 16.4. The quantitative estimate of drug-likeness (QED) is 0.649. The molecule has 0 saturated heterocycles. The van der Waals surface area contributed by atoms with Gasteiger partial charge in [-0.3, -0.25) is 0 Å². The molecule has 1 nitrogen and oxygen atoms in total. The fourth-order valence-electron chi connectivity index (χ4n) is 3.39. The van der Waals surface area contributed by atoms with Crippen LogP contribution >= 0.6 is 0 Å². The number of hydrogen-bond acceptors (Lipinski definition) is 1. The minimum absolute atomic E-state index is 0.218. The highest BCUT2D eigenvalue weighted by Crippen LogP contribution is 2.46. The van der Waals surface area contributed by atoms with Crippen LogP contribution in [0.15, 0.2) is 42.4 Å². The molecule has 0 heterocycles. The smallest absolute Gasteiger partial charge is 0.322 e. The van der Waals surface area contributed by atoms with E-state index >= 15 is 0 Å². The fourth-order valence-corrected chi connectivity index (χ4v) is 3.39. The molecular formula is C19H29BO. The lowest BCUT2D eigenvalue weighted by Crippen LogP contribution is -2.26. The SMILES string of the molecule is CCOB(/C=C/C(C)(C)C)[C@H]1CCC[C@@H]1c1ccccc1. The Morgan fingerprint density at radius 2 is 1.90 bits per heavy atom. The average Bonchev–Trinajstić information content (AvgIpc) is 2.92. The van der Waals surface area contributed by atoms with Crippen molar-refractivity contribution in [2.24, 2.45) is 5.41 Å². The van der Waals surface area contributed by atoms with E-state index in [1.807, 2.05) is 0 Å². The van der Waals surface area contributed by atoms with Crippen LogP contribution in [0.3, 0.4) is 0 Å². The van der Waals surface area contributed by atoms with Crippen LogP contribution in [0, 0.1) is 5.41 Å². The van der Waals surface area contributed by atoms with Crippen LogP contribution in [-0.2, 0) is 4.65 Å². The molecule has 0 N–H and O–H groups in total. The van der Waals surface area contributed by atoms with Crippen LogP contribution in [0.5, 0.6) is 0 Å². The number of allylic oxidation sites excluding steroid dienone is 1. The lowest BCUT2D eigenvalue weighted by molar-refractivity contribution is 0.337. The molecule has 0 aromatic heterocycles. The highest BCUT2D eigenvalue weighted by Gasteiger charge is 2.36. The van der Waals surface area contributed by atoms with E-state index < -0.39 is 0 Å². The van der Waals surface area contributed by atoms with E-state index in [0.717, 1.165) is 6.61 Å². The predicted molar refractivity (Wildman–Crippen MR) is 92.8 cm³/mol. The zero-order chi connectivity index (χ0) is 15.3.